The van der Waals surface area contributed by atoms with Gasteiger partial charge in [-0.05, 0) is 30.0 Å². The summed E-state index contributed by atoms with van der Waals surface area (Å²) in [5.74, 6) is -0.374. The van der Waals surface area contributed by atoms with E-state index in [0.29, 0.717) is 18.9 Å². The van der Waals surface area contributed by atoms with Crippen LogP contribution in [-0.4, -0.2) is 36.2 Å². The van der Waals surface area contributed by atoms with Crippen LogP contribution in [0.15, 0.2) is 24.3 Å². The zero-order valence-electron chi connectivity index (χ0n) is 11.3. The standard InChI is InChI=1S/C15H21NO3/c1-19-11-13-4-2-12(3-5-13)9-16-7-6-14(10-16)8-15(17)18/h2-5,14H,6-11H2,1H3,(H,17,18). The lowest BCUT2D eigenvalue weighted by Gasteiger charge is -2.16. The molecule has 1 fully saturated rings. The highest BCUT2D eigenvalue weighted by molar-refractivity contribution is 5.67. The summed E-state index contributed by atoms with van der Waals surface area (Å²) < 4.78 is 5.09. The van der Waals surface area contributed by atoms with Crippen molar-refractivity contribution in [3.05, 3.63) is 35.4 Å². The summed E-state index contributed by atoms with van der Waals surface area (Å²) in [4.78, 5) is 13.0. The first-order valence-electron chi connectivity index (χ1n) is 6.68. The van der Waals surface area contributed by atoms with E-state index in [1.54, 1.807) is 7.11 Å². The summed E-state index contributed by atoms with van der Waals surface area (Å²) in [6.07, 6.45) is 1.29. The van der Waals surface area contributed by atoms with Gasteiger partial charge in [-0.15, -0.1) is 0 Å². The van der Waals surface area contributed by atoms with Crippen LogP contribution in [0.2, 0.25) is 0 Å². The van der Waals surface area contributed by atoms with Gasteiger partial charge in [0.2, 0.25) is 0 Å². The molecule has 1 aromatic rings. The van der Waals surface area contributed by atoms with Crippen LogP contribution in [0.5, 0.6) is 0 Å². The topological polar surface area (TPSA) is 49.8 Å². The highest BCUT2D eigenvalue weighted by Crippen LogP contribution is 2.21. The Bertz CT molecular complexity index is 416. The normalized spacial score (nSPS) is 19.7. The molecule has 1 aliphatic rings. The molecule has 19 heavy (non-hydrogen) atoms. The van der Waals surface area contributed by atoms with Crippen LogP contribution in [0.3, 0.4) is 0 Å². The molecule has 0 saturated carbocycles. The number of nitrogens with zero attached hydrogens (tertiary/aromatic N) is 1. The van der Waals surface area contributed by atoms with E-state index in [2.05, 4.69) is 29.2 Å². The van der Waals surface area contributed by atoms with E-state index in [1.807, 2.05) is 0 Å². The molecule has 0 spiro atoms. The summed E-state index contributed by atoms with van der Waals surface area (Å²) >= 11 is 0. The third-order valence-corrected chi connectivity index (χ3v) is 3.57. The average molecular weight is 263 g/mol. The zero-order valence-corrected chi connectivity index (χ0v) is 11.3. The van der Waals surface area contributed by atoms with E-state index in [-0.39, 0.29) is 0 Å². The first-order chi connectivity index (χ1) is 9.17. The number of ether oxygens (including phenoxy) is 1. The Morgan fingerprint density at radius 2 is 2.05 bits per heavy atom. The minimum atomic E-state index is -0.684. The van der Waals surface area contributed by atoms with Crippen LogP contribution in [0.1, 0.15) is 24.0 Å². The van der Waals surface area contributed by atoms with E-state index in [1.165, 1.54) is 11.1 Å². The summed E-state index contributed by atoms with van der Waals surface area (Å²) in [7, 11) is 1.70. The van der Waals surface area contributed by atoms with Gasteiger partial charge < -0.3 is 9.84 Å². The van der Waals surface area contributed by atoms with E-state index in [9.17, 15) is 4.79 Å². The molecule has 1 N–H and O–H groups in total. The minimum absolute atomic E-state index is 0.295. The van der Waals surface area contributed by atoms with Gasteiger partial charge in [-0.25, -0.2) is 0 Å². The van der Waals surface area contributed by atoms with Gasteiger partial charge in [0.1, 0.15) is 0 Å². The molecule has 104 valence electrons. The number of aliphatic carboxylic acids is 1. The van der Waals surface area contributed by atoms with Crippen molar-refractivity contribution in [1.82, 2.24) is 4.90 Å². The maximum Gasteiger partial charge on any atom is 0.303 e. The Morgan fingerprint density at radius 3 is 2.68 bits per heavy atom. The summed E-state index contributed by atoms with van der Waals surface area (Å²) in [6.45, 7) is 3.44. The predicted octanol–water partition coefficient (Wildman–Crippen LogP) is 2.13. The van der Waals surface area contributed by atoms with Crippen LogP contribution in [0, 0.1) is 5.92 Å². The van der Waals surface area contributed by atoms with Gasteiger partial charge in [0, 0.05) is 26.6 Å². The Morgan fingerprint density at radius 1 is 1.37 bits per heavy atom. The smallest absolute Gasteiger partial charge is 0.303 e. The van der Waals surface area contributed by atoms with E-state index < -0.39 is 5.97 Å². The average Bonchev–Trinajstić information content (AvgIpc) is 2.78. The molecule has 1 atom stereocenters. The van der Waals surface area contributed by atoms with Crippen LogP contribution < -0.4 is 0 Å². The molecule has 4 heteroatoms. The Kier molecular flexibility index (Phi) is 4.93. The molecule has 2 rings (SSSR count). The quantitative estimate of drug-likeness (QED) is 0.854. The fourth-order valence-corrected chi connectivity index (χ4v) is 2.64. The van der Waals surface area contributed by atoms with Gasteiger partial charge in [-0.3, -0.25) is 9.69 Å². The summed E-state index contributed by atoms with van der Waals surface area (Å²) in [6, 6.07) is 8.42. The van der Waals surface area contributed by atoms with Crippen LogP contribution in [-0.2, 0) is 22.7 Å². The molecular weight excluding hydrogens is 242 g/mol. The monoisotopic (exact) mass is 263 g/mol. The SMILES string of the molecule is COCc1ccc(CN2CCC(CC(=O)O)C2)cc1. The number of hydrogen-bond acceptors (Lipinski definition) is 3. The summed E-state index contributed by atoms with van der Waals surface area (Å²) in [5, 5.41) is 8.80. The number of carbonyl (C=O) groups is 1. The van der Waals surface area contributed by atoms with Crippen LogP contribution in [0.25, 0.3) is 0 Å². The predicted molar refractivity (Wildman–Crippen MR) is 72.8 cm³/mol. The number of methoxy groups -OCH3 is 1. The maximum atomic E-state index is 10.7. The number of benzene rings is 1. The molecule has 0 radical (unpaired) electrons. The highest BCUT2D eigenvalue weighted by atomic mass is 16.5. The number of carboxylic acids is 1. The second kappa shape index (κ2) is 6.68. The molecule has 1 aliphatic heterocycles. The lowest BCUT2D eigenvalue weighted by molar-refractivity contribution is -0.138. The molecular formula is C15H21NO3. The Labute approximate surface area is 114 Å². The van der Waals surface area contributed by atoms with Crippen molar-refractivity contribution >= 4 is 5.97 Å². The van der Waals surface area contributed by atoms with E-state index in [4.69, 9.17) is 9.84 Å². The molecule has 0 amide bonds. The minimum Gasteiger partial charge on any atom is -0.481 e. The highest BCUT2D eigenvalue weighted by Gasteiger charge is 2.24. The van der Waals surface area contributed by atoms with Gasteiger partial charge in [-0.1, -0.05) is 24.3 Å². The van der Waals surface area contributed by atoms with Crippen molar-refractivity contribution in [1.29, 1.82) is 0 Å². The number of likely N-dealkylation sites (tertiary alicyclic amines) is 1. The first-order valence-corrected chi connectivity index (χ1v) is 6.68. The largest absolute Gasteiger partial charge is 0.481 e. The molecule has 0 bridgehead atoms. The molecule has 1 saturated heterocycles. The first kappa shape index (κ1) is 14.0. The Hall–Kier alpha value is -1.39. The number of carboxylic acid groups (broad SMARTS) is 1. The molecule has 0 aliphatic carbocycles. The Balaban J connectivity index is 1.83. The molecule has 1 aromatic carbocycles. The molecule has 1 heterocycles. The number of rotatable bonds is 6. The fraction of sp³-hybridized carbons (Fsp3) is 0.533. The molecule has 1 unspecified atom stereocenters. The van der Waals surface area contributed by atoms with Crippen molar-refractivity contribution < 1.29 is 14.6 Å². The lowest BCUT2D eigenvalue weighted by atomic mass is 10.1. The molecule has 4 nitrogen and oxygen atoms in total. The van der Waals surface area contributed by atoms with Crippen LogP contribution >= 0.6 is 0 Å². The van der Waals surface area contributed by atoms with Crippen molar-refractivity contribution in [2.75, 3.05) is 20.2 Å². The third-order valence-electron chi connectivity index (χ3n) is 3.57. The second-order valence-corrected chi connectivity index (χ2v) is 5.24. The van der Waals surface area contributed by atoms with Gasteiger partial charge >= 0.3 is 5.97 Å². The van der Waals surface area contributed by atoms with E-state index in [0.717, 1.165) is 26.1 Å². The second-order valence-electron chi connectivity index (χ2n) is 5.24. The van der Waals surface area contributed by atoms with Gasteiger partial charge in [0.05, 0.1) is 6.61 Å². The van der Waals surface area contributed by atoms with Gasteiger partial charge in [-0.2, -0.15) is 0 Å². The van der Waals surface area contributed by atoms with Crippen molar-refractivity contribution in [3.63, 3.8) is 0 Å². The zero-order chi connectivity index (χ0) is 13.7. The fourth-order valence-electron chi connectivity index (χ4n) is 2.64. The van der Waals surface area contributed by atoms with Gasteiger partial charge in [0.25, 0.3) is 0 Å². The third kappa shape index (κ3) is 4.33. The summed E-state index contributed by atoms with van der Waals surface area (Å²) in [5.41, 5.74) is 2.45. The number of hydrogen-bond donors (Lipinski definition) is 1. The van der Waals surface area contributed by atoms with Gasteiger partial charge in [0.15, 0.2) is 0 Å². The van der Waals surface area contributed by atoms with E-state index >= 15 is 0 Å². The molecule has 0 aromatic heterocycles. The van der Waals surface area contributed by atoms with Crippen molar-refractivity contribution in [2.45, 2.75) is 26.0 Å². The maximum absolute atomic E-state index is 10.7. The van der Waals surface area contributed by atoms with Crippen LogP contribution in [0.4, 0.5) is 0 Å². The lowest BCUT2D eigenvalue weighted by Crippen LogP contribution is -2.20. The van der Waals surface area contributed by atoms with Crippen molar-refractivity contribution in [3.8, 4) is 0 Å². The van der Waals surface area contributed by atoms with Crippen molar-refractivity contribution in [2.24, 2.45) is 5.92 Å².